The monoisotopic (exact) mass is 144 g/mol. The van der Waals surface area contributed by atoms with Crippen molar-refractivity contribution in [2.24, 2.45) is 5.92 Å². The summed E-state index contributed by atoms with van der Waals surface area (Å²) in [5.41, 5.74) is 0. The van der Waals surface area contributed by atoms with Crippen LogP contribution < -0.4 is 0 Å². The Morgan fingerprint density at radius 1 is 1.80 bits per heavy atom. The molecule has 10 heavy (non-hydrogen) atoms. The fourth-order valence-electron chi connectivity index (χ4n) is 0.771. The van der Waals surface area contributed by atoms with Crippen LogP contribution in [0.3, 0.4) is 0 Å². The highest BCUT2D eigenvalue weighted by Gasteiger charge is 2.36. The first-order chi connectivity index (χ1) is 4.74. The lowest BCUT2D eigenvalue weighted by Crippen LogP contribution is -2.08. The minimum absolute atomic E-state index is 0.111. The van der Waals surface area contributed by atoms with E-state index >= 15 is 0 Å². The Balaban J connectivity index is 2.07. The van der Waals surface area contributed by atoms with Crippen LogP contribution in [0.15, 0.2) is 0 Å². The van der Waals surface area contributed by atoms with Gasteiger partial charge in [0, 0.05) is 0 Å². The highest BCUT2D eigenvalue weighted by atomic mass is 16.5. The molecule has 0 radical (unpaired) electrons. The van der Waals surface area contributed by atoms with Crippen molar-refractivity contribution in [3.8, 4) is 0 Å². The molecule has 0 aromatic heterocycles. The van der Waals surface area contributed by atoms with E-state index in [1.807, 2.05) is 6.92 Å². The maximum atomic E-state index is 10.7. The zero-order valence-electron chi connectivity index (χ0n) is 6.04. The molecule has 1 aliphatic carbocycles. The minimum atomic E-state index is -0.281. The Bertz CT molecular complexity index is 133. The Morgan fingerprint density at radius 2 is 2.40 bits per heavy atom. The van der Waals surface area contributed by atoms with E-state index in [-0.39, 0.29) is 25.1 Å². The number of esters is 1. The topological polar surface area (TPSA) is 46.5 Å². The van der Waals surface area contributed by atoms with Crippen LogP contribution in [0.25, 0.3) is 0 Å². The van der Waals surface area contributed by atoms with Gasteiger partial charge in [0.15, 0.2) is 0 Å². The van der Waals surface area contributed by atoms with Crippen molar-refractivity contribution >= 4 is 5.97 Å². The summed E-state index contributed by atoms with van der Waals surface area (Å²) in [5, 5.41) is 8.34. The molecule has 0 aromatic carbocycles. The second kappa shape index (κ2) is 3.01. The van der Waals surface area contributed by atoms with Gasteiger partial charge < -0.3 is 9.84 Å². The lowest BCUT2D eigenvalue weighted by molar-refractivity contribution is -0.146. The largest absolute Gasteiger partial charge is 0.462 e. The molecular weight excluding hydrogens is 132 g/mol. The number of carbonyl (C=O) groups is 1. The first kappa shape index (κ1) is 7.54. The van der Waals surface area contributed by atoms with Crippen molar-refractivity contribution in [3.05, 3.63) is 0 Å². The van der Waals surface area contributed by atoms with Crippen LogP contribution in [0, 0.1) is 5.92 Å². The Labute approximate surface area is 60.0 Å². The van der Waals surface area contributed by atoms with Gasteiger partial charge in [0.1, 0.15) is 6.10 Å². The van der Waals surface area contributed by atoms with Crippen LogP contribution in [0.1, 0.15) is 19.8 Å². The minimum Gasteiger partial charge on any atom is -0.462 e. The Morgan fingerprint density at radius 3 is 2.80 bits per heavy atom. The summed E-state index contributed by atoms with van der Waals surface area (Å²) >= 11 is 0. The normalized spacial score (nSPS) is 29.8. The molecule has 0 aliphatic heterocycles. The molecule has 1 saturated carbocycles. The van der Waals surface area contributed by atoms with Gasteiger partial charge in [-0.1, -0.05) is 6.92 Å². The van der Waals surface area contributed by atoms with Crippen molar-refractivity contribution in [1.82, 2.24) is 0 Å². The van der Waals surface area contributed by atoms with Crippen molar-refractivity contribution in [3.63, 3.8) is 0 Å². The Hall–Kier alpha value is -0.570. The van der Waals surface area contributed by atoms with Crippen molar-refractivity contribution < 1.29 is 14.6 Å². The zero-order chi connectivity index (χ0) is 7.56. The number of ether oxygens (including phenoxy) is 1. The summed E-state index contributed by atoms with van der Waals surface area (Å²) in [6, 6.07) is 0. The van der Waals surface area contributed by atoms with Crippen molar-refractivity contribution in [2.75, 3.05) is 6.61 Å². The molecule has 3 heteroatoms. The summed E-state index contributed by atoms with van der Waals surface area (Å²) in [4.78, 5) is 10.7. The van der Waals surface area contributed by atoms with E-state index in [1.165, 1.54) is 0 Å². The number of rotatable bonds is 3. The van der Waals surface area contributed by atoms with Crippen LogP contribution in [0.4, 0.5) is 0 Å². The van der Waals surface area contributed by atoms with Gasteiger partial charge in [-0.2, -0.15) is 0 Å². The molecule has 0 spiro atoms. The fraction of sp³-hybridized carbons (Fsp3) is 0.857. The van der Waals surface area contributed by atoms with E-state index < -0.39 is 0 Å². The van der Waals surface area contributed by atoms with Gasteiger partial charge in [0.05, 0.1) is 13.0 Å². The number of aliphatic hydroxyl groups is 1. The molecule has 2 unspecified atom stereocenters. The zero-order valence-corrected chi connectivity index (χ0v) is 6.04. The average Bonchev–Trinajstić information content (AvgIpc) is 2.47. The van der Waals surface area contributed by atoms with E-state index in [1.54, 1.807) is 0 Å². The summed E-state index contributed by atoms with van der Waals surface area (Å²) in [7, 11) is 0. The molecule has 3 nitrogen and oxygen atoms in total. The predicted molar refractivity (Wildman–Crippen MR) is 35.4 cm³/mol. The Kier molecular flexibility index (Phi) is 2.27. The molecule has 0 saturated heterocycles. The molecule has 1 rings (SSSR count). The summed E-state index contributed by atoms with van der Waals surface area (Å²) in [6.07, 6.45) is 1.25. The van der Waals surface area contributed by atoms with Gasteiger partial charge in [0.2, 0.25) is 0 Å². The molecule has 0 amide bonds. The first-order valence-corrected chi connectivity index (χ1v) is 3.54. The molecular formula is C7H12O3. The summed E-state index contributed by atoms with van der Waals surface area (Å²) in [5.74, 6) is 0.250. The van der Waals surface area contributed by atoms with E-state index in [2.05, 4.69) is 0 Å². The third-order valence-electron chi connectivity index (χ3n) is 1.63. The van der Waals surface area contributed by atoms with Crippen molar-refractivity contribution in [2.45, 2.75) is 25.9 Å². The predicted octanol–water partition coefficient (Wildman–Crippen LogP) is 0.320. The van der Waals surface area contributed by atoms with E-state index in [4.69, 9.17) is 9.84 Å². The first-order valence-electron chi connectivity index (χ1n) is 3.54. The molecule has 1 aliphatic rings. The quantitative estimate of drug-likeness (QED) is 0.580. The number of carbonyl (C=O) groups excluding carboxylic acids is 1. The SMILES string of the molecule is CC1CC1OC(=O)CCO. The molecule has 1 fully saturated rings. The van der Waals surface area contributed by atoms with Gasteiger partial charge in [-0.05, 0) is 12.3 Å². The highest BCUT2D eigenvalue weighted by Crippen LogP contribution is 2.32. The molecule has 1 N–H and O–H groups in total. The van der Waals surface area contributed by atoms with E-state index in [0.717, 1.165) is 6.42 Å². The maximum absolute atomic E-state index is 10.7. The van der Waals surface area contributed by atoms with Gasteiger partial charge >= 0.3 is 5.97 Å². The third-order valence-corrected chi connectivity index (χ3v) is 1.63. The second-order valence-corrected chi connectivity index (χ2v) is 2.71. The van der Waals surface area contributed by atoms with Crippen LogP contribution in [-0.2, 0) is 9.53 Å². The van der Waals surface area contributed by atoms with Gasteiger partial charge in [0.25, 0.3) is 0 Å². The molecule has 0 bridgehead atoms. The lowest BCUT2D eigenvalue weighted by Gasteiger charge is -1.99. The van der Waals surface area contributed by atoms with Crippen LogP contribution in [0.5, 0.6) is 0 Å². The molecule has 0 aromatic rings. The average molecular weight is 144 g/mol. The van der Waals surface area contributed by atoms with Gasteiger partial charge in [-0.15, -0.1) is 0 Å². The van der Waals surface area contributed by atoms with Crippen molar-refractivity contribution in [1.29, 1.82) is 0 Å². The van der Waals surface area contributed by atoms with E-state index in [9.17, 15) is 4.79 Å². The molecule has 2 atom stereocenters. The summed E-state index contributed by atoms with van der Waals surface area (Å²) in [6.45, 7) is 1.93. The lowest BCUT2D eigenvalue weighted by atomic mass is 10.4. The molecule has 0 heterocycles. The third kappa shape index (κ3) is 1.99. The number of aliphatic hydroxyl groups excluding tert-OH is 1. The fourth-order valence-corrected chi connectivity index (χ4v) is 0.771. The van der Waals surface area contributed by atoms with E-state index in [0.29, 0.717) is 5.92 Å². The number of hydrogen-bond acceptors (Lipinski definition) is 3. The van der Waals surface area contributed by atoms with Crippen LogP contribution >= 0.6 is 0 Å². The van der Waals surface area contributed by atoms with Crippen LogP contribution in [-0.4, -0.2) is 23.8 Å². The molecule has 58 valence electrons. The number of hydrogen-bond donors (Lipinski definition) is 1. The van der Waals surface area contributed by atoms with Gasteiger partial charge in [-0.25, -0.2) is 0 Å². The maximum Gasteiger partial charge on any atom is 0.308 e. The standard InChI is InChI=1S/C7H12O3/c1-5-4-6(5)10-7(9)2-3-8/h5-6,8H,2-4H2,1H3. The summed E-state index contributed by atoms with van der Waals surface area (Å²) < 4.78 is 4.92. The second-order valence-electron chi connectivity index (χ2n) is 2.71. The highest BCUT2D eigenvalue weighted by molar-refractivity contribution is 5.69. The van der Waals surface area contributed by atoms with Crippen LogP contribution in [0.2, 0.25) is 0 Å². The van der Waals surface area contributed by atoms with Gasteiger partial charge in [-0.3, -0.25) is 4.79 Å². The smallest absolute Gasteiger partial charge is 0.308 e.